The maximum Gasteiger partial charge on any atom is 0.177 e. The van der Waals surface area contributed by atoms with Gasteiger partial charge in [-0.25, -0.2) is 0 Å². The molecular formula is C13H17N3OS. The molecule has 0 amide bonds. The van der Waals surface area contributed by atoms with E-state index >= 15 is 0 Å². The van der Waals surface area contributed by atoms with E-state index in [0.717, 1.165) is 41.8 Å². The SMILES string of the molecule is COCCCN=C1NN=C(c2ccccc2)CS1. The van der Waals surface area contributed by atoms with Crippen LogP contribution >= 0.6 is 11.8 Å². The Balaban J connectivity index is 1.88. The van der Waals surface area contributed by atoms with Gasteiger partial charge in [0.2, 0.25) is 0 Å². The van der Waals surface area contributed by atoms with Crippen molar-refractivity contribution in [3.8, 4) is 0 Å². The first-order chi connectivity index (χ1) is 8.90. The summed E-state index contributed by atoms with van der Waals surface area (Å²) >= 11 is 1.69. The number of nitrogens with zero attached hydrogens (tertiary/aromatic N) is 2. The largest absolute Gasteiger partial charge is 0.385 e. The van der Waals surface area contributed by atoms with Gasteiger partial charge in [-0.2, -0.15) is 5.10 Å². The van der Waals surface area contributed by atoms with Gasteiger partial charge in [0.15, 0.2) is 5.17 Å². The van der Waals surface area contributed by atoms with Crippen LogP contribution < -0.4 is 5.43 Å². The van der Waals surface area contributed by atoms with Gasteiger partial charge in [0, 0.05) is 26.0 Å². The van der Waals surface area contributed by atoms with E-state index in [4.69, 9.17) is 4.74 Å². The molecule has 0 spiro atoms. The predicted molar refractivity (Wildman–Crippen MR) is 77.4 cm³/mol. The van der Waals surface area contributed by atoms with E-state index in [0.29, 0.717) is 0 Å². The molecule has 1 aliphatic rings. The fraction of sp³-hybridized carbons (Fsp3) is 0.385. The Morgan fingerprint density at radius 2 is 2.22 bits per heavy atom. The van der Waals surface area contributed by atoms with Gasteiger partial charge in [0.05, 0.1) is 5.71 Å². The van der Waals surface area contributed by atoms with E-state index < -0.39 is 0 Å². The molecule has 0 fully saturated rings. The van der Waals surface area contributed by atoms with Crippen molar-refractivity contribution in [2.45, 2.75) is 6.42 Å². The van der Waals surface area contributed by atoms with Crippen molar-refractivity contribution in [3.63, 3.8) is 0 Å². The normalized spacial score (nSPS) is 17.4. The van der Waals surface area contributed by atoms with Gasteiger partial charge in [-0.1, -0.05) is 42.1 Å². The summed E-state index contributed by atoms with van der Waals surface area (Å²) in [6, 6.07) is 10.2. The highest BCUT2D eigenvalue weighted by Gasteiger charge is 2.11. The number of aliphatic imine (C=N–C) groups is 1. The molecule has 0 unspecified atom stereocenters. The van der Waals surface area contributed by atoms with E-state index in [9.17, 15) is 0 Å². The first-order valence-corrected chi connectivity index (χ1v) is 6.93. The molecule has 1 N–H and O–H groups in total. The van der Waals surface area contributed by atoms with Crippen molar-refractivity contribution in [1.82, 2.24) is 5.43 Å². The molecule has 96 valence electrons. The van der Waals surface area contributed by atoms with Gasteiger partial charge in [-0.3, -0.25) is 10.4 Å². The number of rotatable bonds is 5. The average Bonchev–Trinajstić information content (AvgIpc) is 2.45. The molecule has 0 radical (unpaired) electrons. The second-order valence-corrected chi connectivity index (χ2v) is 4.82. The minimum absolute atomic E-state index is 0.750. The first kappa shape index (κ1) is 13.1. The highest BCUT2D eigenvalue weighted by atomic mass is 32.2. The zero-order chi connectivity index (χ0) is 12.6. The minimum Gasteiger partial charge on any atom is -0.385 e. The van der Waals surface area contributed by atoms with Crippen LogP contribution in [0.2, 0.25) is 0 Å². The summed E-state index contributed by atoms with van der Waals surface area (Å²) in [4.78, 5) is 4.43. The number of nitrogens with one attached hydrogen (secondary N) is 1. The number of hydrogen-bond donors (Lipinski definition) is 1. The van der Waals surface area contributed by atoms with Crippen LogP contribution in [0.15, 0.2) is 40.4 Å². The molecule has 0 saturated heterocycles. The molecule has 5 heteroatoms. The van der Waals surface area contributed by atoms with E-state index in [1.165, 1.54) is 0 Å². The zero-order valence-corrected chi connectivity index (χ0v) is 11.2. The van der Waals surface area contributed by atoms with Crippen LogP contribution in [0.1, 0.15) is 12.0 Å². The lowest BCUT2D eigenvalue weighted by Gasteiger charge is -2.14. The summed E-state index contributed by atoms with van der Waals surface area (Å²) in [5, 5.41) is 5.26. The number of hydrazone groups is 1. The predicted octanol–water partition coefficient (Wildman–Crippen LogP) is 2.12. The highest BCUT2D eigenvalue weighted by molar-refractivity contribution is 8.14. The second kappa shape index (κ2) is 7.18. The fourth-order valence-electron chi connectivity index (χ4n) is 1.57. The molecule has 4 nitrogen and oxygen atoms in total. The second-order valence-electron chi connectivity index (χ2n) is 3.86. The number of ether oxygens (including phenoxy) is 1. The molecule has 0 atom stereocenters. The third-order valence-corrected chi connectivity index (χ3v) is 3.41. The molecule has 2 rings (SSSR count). The fourth-order valence-corrected chi connectivity index (χ4v) is 2.36. The van der Waals surface area contributed by atoms with E-state index in [1.54, 1.807) is 18.9 Å². The Morgan fingerprint density at radius 3 is 2.89 bits per heavy atom. The molecule has 0 saturated carbocycles. The number of methoxy groups -OCH3 is 1. The van der Waals surface area contributed by atoms with E-state index in [1.807, 2.05) is 18.2 Å². The van der Waals surface area contributed by atoms with Gasteiger partial charge in [-0.15, -0.1) is 0 Å². The zero-order valence-electron chi connectivity index (χ0n) is 10.4. The number of hydrogen-bond acceptors (Lipinski definition) is 4. The lowest BCUT2D eigenvalue weighted by Crippen LogP contribution is -2.25. The maximum absolute atomic E-state index is 4.98. The van der Waals surface area contributed by atoms with Crippen LogP contribution in [0.4, 0.5) is 0 Å². The lowest BCUT2D eigenvalue weighted by molar-refractivity contribution is 0.197. The van der Waals surface area contributed by atoms with Crippen molar-refractivity contribution in [3.05, 3.63) is 35.9 Å². The van der Waals surface area contributed by atoms with Crippen molar-refractivity contribution < 1.29 is 4.74 Å². The molecule has 0 aliphatic carbocycles. The summed E-state index contributed by atoms with van der Waals surface area (Å²) in [7, 11) is 1.71. The quantitative estimate of drug-likeness (QED) is 0.828. The molecule has 1 aliphatic heterocycles. The Labute approximate surface area is 112 Å². The lowest BCUT2D eigenvalue weighted by atomic mass is 10.1. The average molecular weight is 263 g/mol. The summed E-state index contributed by atoms with van der Waals surface area (Å²) in [6.45, 7) is 1.53. The topological polar surface area (TPSA) is 46.0 Å². The first-order valence-electron chi connectivity index (χ1n) is 5.94. The smallest absolute Gasteiger partial charge is 0.177 e. The van der Waals surface area contributed by atoms with Crippen molar-refractivity contribution in [2.24, 2.45) is 10.1 Å². The molecule has 1 aromatic rings. The Bertz CT molecular complexity index is 431. The van der Waals surface area contributed by atoms with Crippen LogP contribution in [0, 0.1) is 0 Å². The third kappa shape index (κ3) is 3.85. The molecule has 0 bridgehead atoms. The Morgan fingerprint density at radius 1 is 1.39 bits per heavy atom. The summed E-state index contributed by atoms with van der Waals surface area (Å²) in [5.41, 5.74) is 5.23. The number of amidine groups is 1. The van der Waals surface area contributed by atoms with E-state index in [2.05, 4.69) is 27.7 Å². The van der Waals surface area contributed by atoms with Gasteiger partial charge in [0.1, 0.15) is 0 Å². The van der Waals surface area contributed by atoms with Crippen molar-refractivity contribution in [1.29, 1.82) is 0 Å². The minimum atomic E-state index is 0.750. The van der Waals surface area contributed by atoms with Crippen LogP contribution in [0.25, 0.3) is 0 Å². The molecule has 18 heavy (non-hydrogen) atoms. The third-order valence-electron chi connectivity index (χ3n) is 2.50. The van der Waals surface area contributed by atoms with Gasteiger partial charge in [0.25, 0.3) is 0 Å². The van der Waals surface area contributed by atoms with E-state index in [-0.39, 0.29) is 0 Å². The summed E-state index contributed by atoms with van der Waals surface area (Å²) < 4.78 is 4.98. The number of thioether (sulfide) groups is 1. The maximum atomic E-state index is 4.98. The molecule has 0 aromatic heterocycles. The molecule has 1 aromatic carbocycles. The van der Waals surface area contributed by atoms with Crippen LogP contribution in [-0.4, -0.2) is 36.9 Å². The Hall–Kier alpha value is -1.33. The molecule has 1 heterocycles. The highest BCUT2D eigenvalue weighted by Crippen LogP contribution is 2.13. The Kier molecular flexibility index (Phi) is 5.23. The van der Waals surface area contributed by atoms with Gasteiger partial charge in [-0.05, 0) is 12.0 Å². The van der Waals surface area contributed by atoms with Crippen LogP contribution in [0.5, 0.6) is 0 Å². The van der Waals surface area contributed by atoms with Crippen molar-refractivity contribution >= 4 is 22.6 Å². The standard InChI is InChI=1S/C13H17N3OS/c1-17-9-5-8-14-13-16-15-12(10-18-13)11-6-3-2-4-7-11/h2-4,6-7H,5,8-10H2,1H3,(H,14,16). The van der Waals surface area contributed by atoms with Crippen LogP contribution in [-0.2, 0) is 4.74 Å². The van der Waals surface area contributed by atoms with Gasteiger partial charge < -0.3 is 4.74 Å². The van der Waals surface area contributed by atoms with Crippen LogP contribution in [0.3, 0.4) is 0 Å². The van der Waals surface area contributed by atoms with Crippen molar-refractivity contribution in [2.75, 3.05) is 26.0 Å². The van der Waals surface area contributed by atoms with Gasteiger partial charge >= 0.3 is 0 Å². The summed E-state index contributed by atoms with van der Waals surface area (Å²) in [6.07, 6.45) is 0.942. The molecular weight excluding hydrogens is 246 g/mol. The summed E-state index contributed by atoms with van der Waals surface area (Å²) in [5.74, 6) is 0.861. The monoisotopic (exact) mass is 263 g/mol. The number of benzene rings is 1.